The Morgan fingerprint density at radius 3 is 2.59 bits per heavy atom. The molecule has 22 heavy (non-hydrogen) atoms. The summed E-state index contributed by atoms with van der Waals surface area (Å²) in [6.07, 6.45) is 1.87. The normalized spacial score (nSPS) is 17.0. The van der Waals surface area contributed by atoms with Crippen LogP contribution in [0.4, 0.5) is 4.39 Å². The van der Waals surface area contributed by atoms with Crippen LogP contribution in [0.25, 0.3) is 5.69 Å². The average Bonchev–Trinajstić information content (AvgIpc) is 2.98. The molecule has 2 aromatic rings. The Hall–Kier alpha value is -1.76. The third kappa shape index (κ3) is 3.71. The van der Waals surface area contributed by atoms with Gasteiger partial charge in [0.05, 0.1) is 18.0 Å². The number of aliphatic hydroxyl groups excluding tert-OH is 1. The number of hydrogen-bond donors (Lipinski definition) is 1. The molecule has 6 heteroatoms. The van der Waals surface area contributed by atoms with Gasteiger partial charge in [-0.3, -0.25) is 9.80 Å². The minimum absolute atomic E-state index is 0.220. The molecular weight excluding hydrogens is 283 g/mol. The first-order chi connectivity index (χ1) is 10.7. The van der Waals surface area contributed by atoms with Crippen molar-refractivity contribution >= 4 is 0 Å². The zero-order chi connectivity index (χ0) is 15.4. The molecule has 0 amide bonds. The molecule has 0 bridgehead atoms. The second-order valence-electron chi connectivity index (χ2n) is 5.57. The van der Waals surface area contributed by atoms with E-state index in [0.717, 1.165) is 50.6 Å². The van der Waals surface area contributed by atoms with Crippen LogP contribution in [-0.4, -0.2) is 64.0 Å². The van der Waals surface area contributed by atoms with Crippen LogP contribution in [-0.2, 0) is 6.54 Å². The van der Waals surface area contributed by atoms with Gasteiger partial charge in [0.15, 0.2) is 0 Å². The molecule has 1 aromatic heterocycles. The number of piperazine rings is 1. The van der Waals surface area contributed by atoms with Crippen molar-refractivity contribution in [3.05, 3.63) is 48.0 Å². The van der Waals surface area contributed by atoms with E-state index in [1.807, 2.05) is 18.3 Å². The van der Waals surface area contributed by atoms with E-state index in [1.165, 1.54) is 12.1 Å². The molecule has 0 aliphatic carbocycles. The van der Waals surface area contributed by atoms with E-state index in [4.69, 9.17) is 5.11 Å². The van der Waals surface area contributed by atoms with Gasteiger partial charge in [0, 0.05) is 45.5 Å². The fraction of sp³-hybridized carbons (Fsp3) is 0.438. The average molecular weight is 304 g/mol. The lowest BCUT2D eigenvalue weighted by atomic mass is 10.3. The summed E-state index contributed by atoms with van der Waals surface area (Å²) in [7, 11) is 0. The van der Waals surface area contributed by atoms with Crippen molar-refractivity contribution in [3.63, 3.8) is 0 Å². The zero-order valence-electron chi connectivity index (χ0n) is 12.5. The Morgan fingerprint density at radius 2 is 1.86 bits per heavy atom. The van der Waals surface area contributed by atoms with Crippen molar-refractivity contribution in [1.29, 1.82) is 0 Å². The highest BCUT2D eigenvalue weighted by molar-refractivity contribution is 5.31. The lowest BCUT2D eigenvalue weighted by Gasteiger charge is -2.33. The van der Waals surface area contributed by atoms with Crippen molar-refractivity contribution < 1.29 is 9.50 Å². The SMILES string of the molecule is OCCN1CCN(Cc2ccn(-c3cccc(F)c3)n2)CC1. The van der Waals surface area contributed by atoms with Gasteiger partial charge >= 0.3 is 0 Å². The van der Waals surface area contributed by atoms with E-state index >= 15 is 0 Å². The Balaban J connectivity index is 1.58. The summed E-state index contributed by atoms with van der Waals surface area (Å²) in [5, 5.41) is 13.5. The number of aromatic nitrogens is 2. The van der Waals surface area contributed by atoms with Crippen molar-refractivity contribution in [1.82, 2.24) is 19.6 Å². The fourth-order valence-corrected chi connectivity index (χ4v) is 2.75. The second-order valence-corrected chi connectivity index (χ2v) is 5.57. The van der Waals surface area contributed by atoms with Crippen LogP contribution in [0.3, 0.4) is 0 Å². The highest BCUT2D eigenvalue weighted by atomic mass is 19.1. The Bertz CT molecular complexity index is 608. The largest absolute Gasteiger partial charge is 0.395 e. The maximum absolute atomic E-state index is 13.3. The van der Waals surface area contributed by atoms with Crippen LogP contribution >= 0.6 is 0 Å². The number of β-amino-alcohol motifs (C(OH)–C–C–N with tert-alkyl or cyclic N) is 1. The number of benzene rings is 1. The van der Waals surface area contributed by atoms with E-state index in [1.54, 1.807) is 10.7 Å². The summed E-state index contributed by atoms with van der Waals surface area (Å²) in [5.41, 5.74) is 1.72. The lowest BCUT2D eigenvalue weighted by molar-refractivity contribution is 0.107. The molecule has 1 aliphatic rings. The Kier molecular flexibility index (Phi) is 4.82. The monoisotopic (exact) mass is 304 g/mol. The molecule has 2 heterocycles. The van der Waals surface area contributed by atoms with Gasteiger partial charge in [0.2, 0.25) is 0 Å². The van der Waals surface area contributed by atoms with Gasteiger partial charge < -0.3 is 5.11 Å². The van der Waals surface area contributed by atoms with Crippen molar-refractivity contribution in [2.75, 3.05) is 39.3 Å². The topological polar surface area (TPSA) is 44.5 Å². The van der Waals surface area contributed by atoms with E-state index in [-0.39, 0.29) is 12.4 Å². The number of aliphatic hydroxyl groups is 1. The Labute approximate surface area is 129 Å². The predicted octanol–water partition coefficient (Wildman–Crippen LogP) is 1.12. The van der Waals surface area contributed by atoms with Crippen LogP contribution in [0.15, 0.2) is 36.5 Å². The van der Waals surface area contributed by atoms with E-state index in [0.29, 0.717) is 0 Å². The molecule has 1 N–H and O–H groups in total. The van der Waals surface area contributed by atoms with Crippen LogP contribution in [0.1, 0.15) is 5.69 Å². The second kappa shape index (κ2) is 7.00. The highest BCUT2D eigenvalue weighted by Gasteiger charge is 2.17. The smallest absolute Gasteiger partial charge is 0.125 e. The van der Waals surface area contributed by atoms with Crippen molar-refractivity contribution in [2.24, 2.45) is 0 Å². The van der Waals surface area contributed by atoms with Gasteiger partial charge in [-0.1, -0.05) is 6.07 Å². The van der Waals surface area contributed by atoms with E-state index < -0.39 is 0 Å². The van der Waals surface area contributed by atoms with Gasteiger partial charge in [-0.05, 0) is 24.3 Å². The van der Waals surface area contributed by atoms with Crippen LogP contribution in [0, 0.1) is 5.82 Å². The van der Waals surface area contributed by atoms with Gasteiger partial charge in [0.1, 0.15) is 5.82 Å². The van der Waals surface area contributed by atoms with E-state index in [9.17, 15) is 4.39 Å². The number of hydrogen-bond acceptors (Lipinski definition) is 4. The summed E-state index contributed by atoms with van der Waals surface area (Å²) < 4.78 is 15.0. The summed E-state index contributed by atoms with van der Waals surface area (Å²) in [4.78, 5) is 4.62. The molecule has 118 valence electrons. The van der Waals surface area contributed by atoms with Crippen LogP contribution in [0.5, 0.6) is 0 Å². The molecule has 0 spiro atoms. The first-order valence-corrected chi connectivity index (χ1v) is 7.60. The van der Waals surface area contributed by atoms with Gasteiger partial charge in [-0.15, -0.1) is 0 Å². The molecule has 5 nitrogen and oxygen atoms in total. The maximum atomic E-state index is 13.3. The number of halogens is 1. The molecule has 3 rings (SSSR count). The minimum Gasteiger partial charge on any atom is -0.395 e. The van der Waals surface area contributed by atoms with Crippen LogP contribution < -0.4 is 0 Å². The summed E-state index contributed by atoms with van der Waals surface area (Å²) in [6, 6.07) is 8.41. The first-order valence-electron chi connectivity index (χ1n) is 7.60. The van der Waals surface area contributed by atoms with Gasteiger partial charge in [-0.25, -0.2) is 9.07 Å². The van der Waals surface area contributed by atoms with Crippen molar-refractivity contribution in [2.45, 2.75) is 6.54 Å². The number of nitrogens with zero attached hydrogens (tertiary/aromatic N) is 4. The highest BCUT2D eigenvalue weighted by Crippen LogP contribution is 2.11. The summed E-state index contributed by atoms with van der Waals surface area (Å²) in [6.45, 7) is 5.69. The quantitative estimate of drug-likeness (QED) is 0.899. The molecule has 0 radical (unpaired) electrons. The third-order valence-corrected chi connectivity index (χ3v) is 3.98. The molecule has 0 atom stereocenters. The molecule has 1 saturated heterocycles. The lowest BCUT2D eigenvalue weighted by Crippen LogP contribution is -2.46. The van der Waals surface area contributed by atoms with E-state index in [2.05, 4.69) is 14.9 Å². The molecule has 1 aromatic carbocycles. The number of rotatable bonds is 5. The summed E-state index contributed by atoms with van der Waals surface area (Å²) >= 11 is 0. The van der Waals surface area contributed by atoms with Gasteiger partial charge in [0.25, 0.3) is 0 Å². The zero-order valence-corrected chi connectivity index (χ0v) is 12.5. The molecule has 0 unspecified atom stereocenters. The van der Waals surface area contributed by atoms with Crippen molar-refractivity contribution in [3.8, 4) is 5.69 Å². The maximum Gasteiger partial charge on any atom is 0.125 e. The minimum atomic E-state index is -0.255. The first kappa shape index (κ1) is 15.1. The Morgan fingerprint density at radius 1 is 1.09 bits per heavy atom. The summed E-state index contributed by atoms with van der Waals surface area (Å²) in [5.74, 6) is -0.255. The predicted molar refractivity (Wildman–Crippen MR) is 82.3 cm³/mol. The van der Waals surface area contributed by atoms with Crippen LogP contribution in [0.2, 0.25) is 0 Å². The molecular formula is C16H21FN4O. The third-order valence-electron chi connectivity index (χ3n) is 3.98. The van der Waals surface area contributed by atoms with Gasteiger partial charge in [-0.2, -0.15) is 5.10 Å². The molecule has 1 fully saturated rings. The molecule has 0 saturated carbocycles. The standard InChI is InChI=1S/C16H21FN4O/c17-14-2-1-3-16(12-14)21-5-4-15(18-21)13-20-8-6-19(7-9-20)10-11-22/h1-5,12,22H,6-11,13H2. The molecule has 1 aliphatic heterocycles. The fourth-order valence-electron chi connectivity index (χ4n) is 2.75.